The van der Waals surface area contributed by atoms with E-state index < -0.39 is 5.91 Å². The lowest BCUT2D eigenvalue weighted by Crippen LogP contribution is -2.20. The van der Waals surface area contributed by atoms with E-state index in [0.29, 0.717) is 32.6 Å². The van der Waals surface area contributed by atoms with Crippen molar-refractivity contribution in [1.29, 1.82) is 0 Å². The molecule has 1 heterocycles. The molecule has 0 spiro atoms. The van der Waals surface area contributed by atoms with Crippen LogP contribution < -0.4 is 11.0 Å². The number of carbonyl (C=O) groups excluding carboxylic acids is 1. The van der Waals surface area contributed by atoms with Crippen LogP contribution in [0.2, 0.25) is 10.0 Å². The first-order valence-electron chi connectivity index (χ1n) is 8.04. The first-order chi connectivity index (χ1) is 12.9. The second-order valence-corrected chi connectivity index (χ2v) is 6.72. The van der Waals surface area contributed by atoms with Gasteiger partial charge in [0, 0.05) is 10.7 Å². The van der Waals surface area contributed by atoms with Crippen LogP contribution in [0, 0.1) is 13.8 Å². The molecule has 0 radical (unpaired) electrons. The van der Waals surface area contributed by atoms with Gasteiger partial charge >= 0.3 is 0 Å². The van der Waals surface area contributed by atoms with Crippen molar-refractivity contribution >= 4 is 35.3 Å². The van der Waals surface area contributed by atoms with E-state index in [1.165, 1.54) is 10.9 Å². The molecule has 1 aromatic heterocycles. The van der Waals surface area contributed by atoms with Gasteiger partial charge in [0.25, 0.3) is 11.5 Å². The first kappa shape index (κ1) is 18.9. The molecule has 0 saturated heterocycles. The van der Waals surface area contributed by atoms with Gasteiger partial charge in [0.2, 0.25) is 0 Å². The largest absolute Gasteiger partial charge is 0.295 e. The Bertz CT molecular complexity index is 1100. The number of benzene rings is 2. The summed E-state index contributed by atoms with van der Waals surface area (Å²) in [6, 6.07) is 12.0. The van der Waals surface area contributed by atoms with E-state index in [1.807, 2.05) is 13.0 Å². The lowest BCUT2D eigenvalue weighted by Gasteiger charge is -2.04. The van der Waals surface area contributed by atoms with Gasteiger partial charge in [-0.05, 0) is 43.7 Å². The van der Waals surface area contributed by atoms with Crippen LogP contribution >= 0.6 is 23.2 Å². The van der Waals surface area contributed by atoms with Crippen LogP contribution in [0.1, 0.15) is 27.2 Å². The Hall–Kier alpha value is -2.83. The maximum Gasteiger partial charge on any atom is 0.280 e. The molecule has 2 aromatic carbocycles. The molecular weight excluding hydrogens is 387 g/mol. The lowest BCUT2D eigenvalue weighted by molar-refractivity contribution is 0.0955. The van der Waals surface area contributed by atoms with Gasteiger partial charge in [-0.3, -0.25) is 14.7 Å². The van der Waals surface area contributed by atoms with Crippen LogP contribution in [0.25, 0.3) is 5.69 Å². The van der Waals surface area contributed by atoms with Crippen LogP contribution in [0.5, 0.6) is 0 Å². The molecule has 0 aliphatic carbocycles. The number of halogens is 2. The average Bonchev–Trinajstić information content (AvgIpc) is 2.92. The Morgan fingerprint density at radius 2 is 1.89 bits per heavy atom. The Kier molecular flexibility index (Phi) is 5.48. The molecule has 1 amide bonds. The smallest absolute Gasteiger partial charge is 0.280 e. The molecule has 0 saturated carbocycles. The van der Waals surface area contributed by atoms with E-state index in [0.717, 1.165) is 5.56 Å². The topological polar surface area (TPSA) is 79.2 Å². The highest BCUT2D eigenvalue weighted by molar-refractivity contribution is 6.33. The van der Waals surface area contributed by atoms with Crippen LogP contribution in [0.3, 0.4) is 0 Å². The molecule has 27 heavy (non-hydrogen) atoms. The summed E-state index contributed by atoms with van der Waals surface area (Å²) in [5, 5.41) is 7.74. The highest BCUT2D eigenvalue weighted by atomic mass is 35.5. The van der Waals surface area contributed by atoms with Crippen molar-refractivity contribution in [2.45, 2.75) is 13.8 Å². The standard InChI is InChI=1S/C19H16Cl2N4O2/c1-11-7-8-13(9-17(11)21)25-19(27)15(12(2)24-25)10-22-23-18(26)14-5-3-4-6-16(14)20/h3-10,24H,1-2H3,(H,23,26). The predicted octanol–water partition coefficient (Wildman–Crippen LogP) is 3.85. The molecule has 0 unspecified atom stereocenters. The number of hydrogen-bond acceptors (Lipinski definition) is 3. The molecule has 6 nitrogen and oxygen atoms in total. The zero-order chi connectivity index (χ0) is 19.6. The first-order valence-corrected chi connectivity index (χ1v) is 8.80. The molecule has 8 heteroatoms. The van der Waals surface area contributed by atoms with Crippen LogP contribution in [-0.2, 0) is 0 Å². The second kappa shape index (κ2) is 7.82. The van der Waals surface area contributed by atoms with Gasteiger partial charge in [0.15, 0.2) is 0 Å². The summed E-state index contributed by atoms with van der Waals surface area (Å²) in [6.07, 6.45) is 1.30. The van der Waals surface area contributed by atoms with Crippen molar-refractivity contribution < 1.29 is 4.79 Å². The molecule has 0 aliphatic rings. The minimum absolute atomic E-state index is 0.300. The number of carbonyl (C=O) groups is 1. The number of aromatic nitrogens is 2. The van der Waals surface area contributed by atoms with Crippen molar-refractivity contribution in [2.75, 3.05) is 0 Å². The summed E-state index contributed by atoms with van der Waals surface area (Å²) < 4.78 is 1.37. The monoisotopic (exact) mass is 402 g/mol. The molecule has 2 N–H and O–H groups in total. The molecular formula is C19H16Cl2N4O2. The third-order valence-corrected chi connectivity index (χ3v) is 4.75. The fourth-order valence-corrected chi connectivity index (χ4v) is 2.87. The van der Waals surface area contributed by atoms with E-state index in [9.17, 15) is 9.59 Å². The van der Waals surface area contributed by atoms with Gasteiger partial charge < -0.3 is 0 Å². The molecule has 0 atom stereocenters. The van der Waals surface area contributed by atoms with E-state index in [4.69, 9.17) is 23.2 Å². The summed E-state index contributed by atoms with van der Waals surface area (Å²) in [4.78, 5) is 24.8. The number of H-pyrrole nitrogens is 1. The van der Waals surface area contributed by atoms with Gasteiger partial charge in [0.1, 0.15) is 0 Å². The van der Waals surface area contributed by atoms with Crippen molar-refractivity contribution in [3.8, 4) is 5.69 Å². The number of aryl methyl sites for hydroxylation is 2. The third kappa shape index (κ3) is 3.97. The van der Waals surface area contributed by atoms with Crippen LogP contribution in [-0.4, -0.2) is 21.9 Å². The number of aromatic amines is 1. The molecule has 0 bridgehead atoms. The van der Waals surface area contributed by atoms with Crippen molar-refractivity contribution in [1.82, 2.24) is 15.2 Å². The van der Waals surface area contributed by atoms with Gasteiger partial charge in [-0.25, -0.2) is 10.1 Å². The SMILES string of the molecule is Cc1ccc(-n2[nH]c(C)c(C=NNC(=O)c3ccccc3Cl)c2=O)cc1Cl. The fourth-order valence-electron chi connectivity index (χ4n) is 2.48. The maximum atomic E-state index is 12.6. The Morgan fingerprint density at radius 1 is 1.15 bits per heavy atom. The second-order valence-electron chi connectivity index (χ2n) is 5.90. The Balaban J connectivity index is 1.84. The number of hydrazone groups is 1. The highest BCUT2D eigenvalue weighted by Gasteiger charge is 2.12. The highest BCUT2D eigenvalue weighted by Crippen LogP contribution is 2.18. The van der Waals surface area contributed by atoms with E-state index >= 15 is 0 Å². The number of hydrogen-bond donors (Lipinski definition) is 2. The van der Waals surface area contributed by atoms with Crippen LogP contribution in [0.4, 0.5) is 0 Å². The summed E-state index contributed by atoms with van der Waals surface area (Å²) in [7, 11) is 0. The summed E-state index contributed by atoms with van der Waals surface area (Å²) in [5.74, 6) is -0.462. The molecule has 0 aliphatic heterocycles. The normalized spacial score (nSPS) is 11.1. The van der Waals surface area contributed by atoms with Gasteiger partial charge in [-0.2, -0.15) is 5.10 Å². The van der Waals surface area contributed by atoms with Gasteiger partial charge in [-0.1, -0.05) is 41.4 Å². The Morgan fingerprint density at radius 3 is 2.59 bits per heavy atom. The predicted molar refractivity (Wildman–Crippen MR) is 107 cm³/mol. The fraction of sp³-hybridized carbons (Fsp3) is 0.105. The summed E-state index contributed by atoms with van der Waals surface area (Å²) in [6.45, 7) is 3.62. The number of nitrogens with one attached hydrogen (secondary N) is 2. The van der Waals surface area contributed by atoms with E-state index in [1.54, 1.807) is 43.3 Å². The zero-order valence-corrected chi connectivity index (χ0v) is 16.1. The molecule has 138 valence electrons. The van der Waals surface area contributed by atoms with Gasteiger partial charge in [-0.15, -0.1) is 0 Å². The van der Waals surface area contributed by atoms with E-state index in [-0.39, 0.29) is 5.56 Å². The number of rotatable bonds is 4. The number of amides is 1. The van der Waals surface area contributed by atoms with Crippen molar-refractivity contribution in [3.05, 3.63) is 85.2 Å². The maximum absolute atomic E-state index is 12.6. The molecule has 3 aromatic rings. The summed E-state index contributed by atoms with van der Waals surface area (Å²) in [5.41, 5.74) is 4.82. The molecule has 3 rings (SSSR count). The van der Waals surface area contributed by atoms with Crippen molar-refractivity contribution in [2.24, 2.45) is 5.10 Å². The lowest BCUT2D eigenvalue weighted by atomic mass is 10.2. The van der Waals surface area contributed by atoms with Crippen molar-refractivity contribution in [3.63, 3.8) is 0 Å². The minimum atomic E-state index is -0.462. The average molecular weight is 403 g/mol. The van der Waals surface area contributed by atoms with E-state index in [2.05, 4.69) is 15.6 Å². The van der Waals surface area contributed by atoms with Crippen LogP contribution in [0.15, 0.2) is 52.4 Å². The zero-order valence-electron chi connectivity index (χ0n) is 14.6. The summed E-state index contributed by atoms with van der Waals surface area (Å²) >= 11 is 12.1. The number of nitrogens with zero attached hydrogens (tertiary/aromatic N) is 2. The quantitative estimate of drug-likeness (QED) is 0.513. The Labute approximate surface area is 165 Å². The van der Waals surface area contributed by atoms with Gasteiger partial charge in [0.05, 0.1) is 28.1 Å². The molecule has 0 fully saturated rings. The minimum Gasteiger partial charge on any atom is -0.295 e. The third-order valence-electron chi connectivity index (χ3n) is 4.01.